The van der Waals surface area contributed by atoms with Crippen molar-refractivity contribution in [3.63, 3.8) is 0 Å². The number of hydrogen-bond acceptors (Lipinski definition) is 1. The van der Waals surface area contributed by atoms with Gasteiger partial charge in [-0.1, -0.05) is 35.4 Å². The van der Waals surface area contributed by atoms with Crippen molar-refractivity contribution >= 4 is 17.4 Å². The van der Waals surface area contributed by atoms with Crippen molar-refractivity contribution in [1.82, 2.24) is 0 Å². The van der Waals surface area contributed by atoms with Gasteiger partial charge < -0.3 is 0 Å². The lowest BCUT2D eigenvalue weighted by Crippen LogP contribution is -2.07. The van der Waals surface area contributed by atoms with E-state index in [0.29, 0.717) is 0 Å². The molecule has 0 bridgehead atoms. The van der Waals surface area contributed by atoms with Crippen LogP contribution in [0, 0.1) is 25.5 Å². The van der Waals surface area contributed by atoms with Crippen LogP contribution in [0.4, 0.5) is 8.78 Å². The molecule has 2 rings (SSSR count). The van der Waals surface area contributed by atoms with Gasteiger partial charge in [-0.15, -0.1) is 0 Å². The highest BCUT2D eigenvalue weighted by atomic mass is 35.5. The molecule has 0 aliphatic carbocycles. The second-order valence-corrected chi connectivity index (χ2v) is 5.18. The van der Waals surface area contributed by atoms with Crippen molar-refractivity contribution in [1.29, 1.82) is 0 Å². The maximum absolute atomic E-state index is 13.2. The molecule has 20 heavy (non-hydrogen) atoms. The van der Waals surface area contributed by atoms with Crippen molar-refractivity contribution in [2.45, 2.75) is 20.3 Å². The van der Waals surface area contributed by atoms with E-state index in [0.717, 1.165) is 28.8 Å². The van der Waals surface area contributed by atoms with Crippen molar-refractivity contribution in [3.05, 3.63) is 69.2 Å². The molecule has 0 atom stereocenters. The summed E-state index contributed by atoms with van der Waals surface area (Å²) < 4.78 is 26.2. The Morgan fingerprint density at radius 2 is 1.75 bits per heavy atom. The number of hydrogen-bond donors (Lipinski definition) is 0. The molecule has 0 saturated carbocycles. The van der Waals surface area contributed by atoms with Crippen LogP contribution in [0.2, 0.25) is 5.02 Å². The van der Waals surface area contributed by atoms with Gasteiger partial charge in [0, 0.05) is 12.0 Å². The highest BCUT2D eigenvalue weighted by Crippen LogP contribution is 2.22. The first-order chi connectivity index (χ1) is 9.38. The fourth-order valence-corrected chi connectivity index (χ4v) is 2.25. The standard InChI is InChI=1S/C16H13ClF2O/c1-9-3-4-10(2)11(5-9)6-16(20)12-7-14(18)15(19)8-13(12)17/h3-5,7-8H,6H2,1-2H3. The van der Waals surface area contributed by atoms with Crippen LogP contribution in [-0.2, 0) is 6.42 Å². The molecule has 4 heteroatoms. The molecule has 0 heterocycles. The summed E-state index contributed by atoms with van der Waals surface area (Å²) in [7, 11) is 0. The zero-order valence-corrected chi connectivity index (χ0v) is 11.9. The van der Waals surface area contributed by atoms with Crippen LogP contribution in [-0.4, -0.2) is 5.78 Å². The number of Topliss-reactive ketones (excluding diaryl/α,β-unsaturated/α-hetero) is 1. The molecule has 0 aliphatic heterocycles. The van der Waals surface area contributed by atoms with E-state index in [1.807, 2.05) is 32.0 Å². The fraction of sp³-hybridized carbons (Fsp3) is 0.188. The molecular weight excluding hydrogens is 282 g/mol. The predicted molar refractivity (Wildman–Crippen MR) is 75.3 cm³/mol. The Balaban J connectivity index is 2.33. The van der Waals surface area contributed by atoms with Gasteiger partial charge in [-0.05, 0) is 37.1 Å². The predicted octanol–water partition coefficient (Wildman–Crippen LogP) is 4.66. The molecule has 0 saturated heterocycles. The first-order valence-electron chi connectivity index (χ1n) is 6.12. The van der Waals surface area contributed by atoms with Gasteiger partial charge in [-0.3, -0.25) is 4.79 Å². The third-order valence-electron chi connectivity index (χ3n) is 3.17. The molecule has 0 N–H and O–H groups in total. The quantitative estimate of drug-likeness (QED) is 0.594. The maximum Gasteiger partial charge on any atom is 0.168 e. The number of carbonyl (C=O) groups excluding carboxylic acids is 1. The minimum Gasteiger partial charge on any atom is -0.294 e. The number of halogens is 3. The van der Waals surface area contributed by atoms with E-state index in [1.165, 1.54) is 0 Å². The Hall–Kier alpha value is -1.74. The van der Waals surface area contributed by atoms with Gasteiger partial charge in [-0.25, -0.2) is 8.78 Å². The number of aryl methyl sites for hydroxylation is 2. The zero-order chi connectivity index (χ0) is 14.9. The van der Waals surface area contributed by atoms with Gasteiger partial charge in [0.1, 0.15) is 0 Å². The van der Waals surface area contributed by atoms with E-state index in [-0.39, 0.29) is 22.8 Å². The second kappa shape index (κ2) is 5.71. The summed E-state index contributed by atoms with van der Waals surface area (Å²) in [4.78, 5) is 12.2. The van der Waals surface area contributed by atoms with Crippen LogP contribution < -0.4 is 0 Å². The number of benzene rings is 2. The third-order valence-corrected chi connectivity index (χ3v) is 3.48. The number of carbonyl (C=O) groups is 1. The van der Waals surface area contributed by atoms with Crippen molar-refractivity contribution in [2.24, 2.45) is 0 Å². The van der Waals surface area contributed by atoms with Gasteiger partial charge in [0.15, 0.2) is 17.4 Å². The maximum atomic E-state index is 13.2. The summed E-state index contributed by atoms with van der Waals surface area (Å²) in [5.41, 5.74) is 2.87. The fourth-order valence-electron chi connectivity index (χ4n) is 2.00. The second-order valence-electron chi connectivity index (χ2n) is 4.78. The minimum absolute atomic E-state index is 0.00599. The van der Waals surface area contributed by atoms with Gasteiger partial charge >= 0.3 is 0 Å². The first kappa shape index (κ1) is 14.7. The molecule has 0 aromatic heterocycles. The van der Waals surface area contributed by atoms with E-state index in [4.69, 9.17) is 11.6 Å². The lowest BCUT2D eigenvalue weighted by molar-refractivity contribution is 0.0992. The monoisotopic (exact) mass is 294 g/mol. The van der Waals surface area contributed by atoms with Gasteiger partial charge in [0.2, 0.25) is 0 Å². The zero-order valence-electron chi connectivity index (χ0n) is 11.1. The van der Waals surface area contributed by atoms with Crippen molar-refractivity contribution in [3.8, 4) is 0 Å². The highest BCUT2D eigenvalue weighted by molar-refractivity contribution is 6.34. The third kappa shape index (κ3) is 3.05. The van der Waals surface area contributed by atoms with Crippen LogP contribution in [0.5, 0.6) is 0 Å². The molecule has 2 aromatic carbocycles. The lowest BCUT2D eigenvalue weighted by Gasteiger charge is -2.08. The van der Waals surface area contributed by atoms with Gasteiger partial charge in [0.05, 0.1) is 5.02 Å². The minimum atomic E-state index is -1.07. The molecule has 0 unspecified atom stereocenters. The van der Waals surface area contributed by atoms with Crippen molar-refractivity contribution < 1.29 is 13.6 Å². The molecule has 2 aromatic rings. The Morgan fingerprint density at radius 1 is 1.10 bits per heavy atom. The summed E-state index contributed by atoms with van der Waals surface area (Å²) in [5.74, 6) is -2.46. The Morgan fingerprint density at radius 3 is 2.45 bits per heavy atom. The van der Waals surface area contributed by atoms with Crippen molar-refractivity contribution in [2.75, 3.05) is 0 Å². The SMILES string of the molecule is Cc1ccc(C)c(CC(=O)c2cc(F)c(F)cc2Cl)c1. The van der Waals surface area contributed by atoms with E-state index >= 15 is 0 Å². The summed E-state index contributed by atoms with van der Waals surface area (Å²) in [5, 5.41) is -0.0702. The normalized spacial score (nSPS) is 10.7. The van der Waals surface area contributed by atoms with E-state index in [2.05, 4.69) is 0 Å². The van der Waals surface area contributed by atoms with Gasteiger partial charge in [-0.2, -0.15) is 0 Å². The van der Waals surface area contributed by atoms with E-state index in [1.54, 1.807) is 0 Å². The Kier molecular flexibility index (Phi) is 4.19. The average Bonchev–Trinajstić information content (AvgIpc) is 2.38. The van der Waals surface area contributed by atoms with Crippen LogP contribution in [0.1, 0.15) is 27.0 Å². The number of rotatable bonds is 3. The summed E-state index contributed by atoms with van der Waals surface area (Å²) in [6.45, 7) is 3.83. The molecule has 0 spiro atoms. The summed E-state index contributed by atoms with van der Waals surface area (Å²) in [6, 6.07) is 7.46. The first-order valence-corrected chi connectivity index (χ1v) is 6.50. The average molecular weight is 295 g/mol. The smallest absolute Gasteiger partial charge is 0.168 e. The summed E-state index contributed by atoms with van der Waals surface area (Å²) >= 11 is 5.81. The van der Waals surface area contributed by atoms with Gasteiger partial charge in [0.25, 0.3) is 0 Å². The molecule has 0 amide bonds. The van der Waals surface area contributed by atoms with Crippen LogP contribution in [0.15, 0.2) is 30.3 Å². The number of ketones is 1. The molecule has 0 radical (unpaired) electrons. The Bertz CT molecular complexity index is 680. The van der Waals surface area contributed by atoms with E-state index < -0.39 is 11.6 Å². The molecule has 0 aliphatic rings. The molecule has 104 valence electrons. The largest absolute Gasteiger partial charge is 0.294 e. The molecular formula is C16H13ClF2O. The summed E-state index contributed by atoms with van der Waals surface area (Å²) in [6.07, 6.45) is 0.109. The molecule has 1 nitrogen and oxygen atoms in total. The van der Waals surface area contributed by atoms with Crippen LogP contribution in [0.25, 0.3) is 0 Å². The van der Waals surface area contributed by atoms with Crippen LogP contribution >= 0.6 is 11.6 Å². The van der Waals surface area contributed by atoms with E-state index in [9.17, 15) is 13.6 Å². The Labute approximate surface area is 121 Å². The van der Waals surface area contributed by atoms with Crippen LogP contribution in [0.3, 0.4) is 0 Å². The highest BCUT2D eigenvalue weighted by Gasteiger charge is 2.16. The molecule has 0 fully saturated rings. The lowest BCUT2D eigenvalue weighted by atomic mass is 9.97. The topological polar surface area (TPSA) is 17.1 Å².